The average molecular weight is 247 g/mol. The zero-order valence-corrected chi connectivity index (χ0v) is 10.9. The number of hydrogen-bond acceptors (Lipinski definition) is 3. The summed E-state index contributed by atoms with van der Waals surface area (Å²) in [5.74, 6) is 1.05. The van der Waals surface area contributed by atoms with E-state index in [-0.39, 0.29) is 0 Å². The number of rotatable bonds is 8. The van der Waals surface area contributed by atoms with Gasteiger partial charge in [0.2, 0.25) is 0 Å². The number of aromatic nitrogens is 2. The van der Waals surface area contributed by atoms with E-state index in [1.165, 1.54) is 12.8 Å². The summed E-state index contributed by atoms with van der Waals surface area (Å²) >= 11 is 0. The summed E-state index contributed by atoms with van der Waals surface area (Å²) in [5, 5.41) is 3.52. The maximum atomic E-state index is 5.33. The molecule has 0 radical (unpaired) electrons. The standard InChI is InChI=1S/C14H21N3O/c1-13(11-14-5-4-10-18-14)16-6-2-3-8-17-9-7-15-12-17/h4-5,7,9-10,12-13,16H,2-3,6,8,11H2,1H3. The van der Waals surface area contributed by atoms with Crippen molar-refractivity contribution in [1.29, 1.82) is 0 Å². The van der Waals surface area contributed by atoms with E-state index >= 15 is 0 Å². The quantitative estimate of drug-likeness (QED) is 0.729. The fourth-order valence-corrected chi connectivity index (χ4v) is 1.99. The Kier molecular flexibility index (Phi) is 5.02. The molecule has 0 spiro atoms. The first-order valence-corrected chi connectivity index (χ1v) is 6.56. The second-order valence-electron chi connectivity index (χ2n) is 4.65. The van der Waals surface area contributed by atoms with Crippen LogP contribution in [0.3, 0.4) is 0 Å². The molecule has 0 saturated heterocycles. The molecule has 2 rings (SSSR count). The van der Waals surface area contributed by atoms with Gasteiger partial charge in [-0.05, 0) is 38.4 Å². The second kappa shape index (κ2) is 7.01. The van der Waals surface area contributed by atoms with Gasteiger partial charge in [-0.2, -0.15) is 0 Å². The predicted molar refractivity (Wildman–Crippen MR) is 71.3 cm³/mol. The molecule has 1 atom stereocenters. The highest BCUT2D eigenvalue weighted by Crippen LogP contribution is 2.04. The van der Waals surface area contributed by atoms with Crippen LogP contribution >= 0.6 is 0 Å². The van der Waals surface area contributed by atoms with Crippen molar-refractivity contribution < 1.29 is 4.42 Å². The number of imidazole rings is 1. The fraction of sp³-hybridized carbons (Fsp3) is 0.500. The van der Waals surface area contributed by atoms with E-state index in [1.807, 2.05) is 30.9 Å². The Morgan fingerprint density at radius 1 is 1.44 bits per heavy atom. The van der Waals surface area contributed by atoms with Crippen molar-refractivity contribution in [3.8, 4) is 0 Å². The van der Waals surface area contributed by atoms with Crippen LogP contribution in [-0.4, -0.2) is 22.1 Å². The number of nitrogens with zero attached hydrogens (tertiary/aromatic N) is 2. The van der Waals surface area contributed by atoms with E-state index in [0.717, 1.165) is 25.3 Å². The van der Waals surface area contributed by atoms with Crippen molar-refractivity contribution >= 4 is 0 Å². The first-order chi connectivity index (χ1) is 8.84. The molecule has 98 valence electrons. The predicted octanol–water partition coefficient (Wildman–Crippen LogP) is 2.48. The molecule has 1 unspecified atom stereocenters. The molecule has 4 heteroatoms. The van der Waals surface area contributed by atoms with Gasteiger partial charge in [-0.15, -0.1) is 0 Å². The SMILES string of the molecule is CC(Cc1ccco1)NCCCCn1ccnc1. The van der Waals surface area contributed by atoms with Crippen LogP contribution in [0.15, 0.2) is 41.5 Å². The summed E-state index contributed by atoms with van der Waals surface area (Å²) in [6.07, 6.45) is 10.7. The van der Waals surface area contributed by atoms with Crippen molar-refractivity contribution in [1.82, 2.24) is 14.9 Å². The second-order valence-corrected chi connectivity index (χ2v) is 4.65. The van der Waals surface area contributed by atoms with Crippen molar-refractivity contribution in [2.45, 2.75) is 38.8 Å². The Hall–Kier alpha value is -1.55. The van der Waals surface area contributed by atoms with Crippen LogP contribution in [0.4, 0.5) is 0 Å². The Labute approximate surface area is 108 Å². The first-order valence-electron chi connectivity index (χ1n) is 6.56. The minimum atomic E-state index is 0.462. The Balaban J connectivity index is 1.52. The van der Waals surface area contributed by atoms with Gasteiger partial charge in [0.1, 0.15) is 5.76 Å². The minimum absolute atomic E-state index is 0.462. The monoisotopic (exact) mass is 247 g/mol. The lowest BCUT2D eigenvalue weighted by molar-refractivity contribution is 0.449. The zero-order chi connectivity index (χ0) is 12.6. The molecule has 0 aromatic carbocycles. The fourth-order valence-electron chi connectivity index (χ4n) is 1.99. The molecule has 2 aromatic heterocycles. The topological polar surface area (TPSA) is 43.0 Å². The molecule has 0 fully saturated rings. The maximum absolute atomic E-state index is 5.33. The number of nitrogens with one attached hydrogen (secondary N) is 1. The number of hydrogen-bond donors (Lipinski definition) is 1. The molecule has 0 bridgehead atoms. The highest BCUT2D eigenvalue weighted by molar-refractivity contribution is 4.99. The molecular weight excluding hydrogens is 226 g/mol. The van der Waals surface area contributed by atoms with Crippen molar-refractivity contribution in [2.24, 2.45) is 0 Å². The van der Waals surface area contributed by atoms with Crippen LogP contribution in [0.25, 0.3) is 0 Å². The van der Waals surface area contributed by atoms with Gasteiger partial charge in [0.05, 0.1) is 12.6 Å². The van der Waals surface area contributed by atoms with E-state index in [1.54, 1.807) is 6.26 Å². The van der Waals surface area contributed by atoms with Crippen LogP contribution in [0.1, 0.15) is 25.5 Å². The summed E-state index contributed by atoms with van der Waals surface area (Å²) in [4.78, 5) is 4.03. The van der Waals surface area contributed by atoms with Crippen LogP contribution in [0, 0.1) is 0 Å². The third kappa shape index (κ3) is 4.37. The smallest absolute Gasteiger partial charge is 0.105 e. The van der Waals surface area contributed by atoms with E-state index in [9.17, 15) is 0 Å². The van der Waals surface area contributed by atoms with Gasteiger partial charge < -0.3 is 14.3 Å². The van der Waals surface area contributed by atoms with E-state index in [4.69, 9.17) is 4.42 Å². The first kappa shape index (κ1) is 12.9. The van der Waals surface area contributed by atoms with E-state index < -0.39 is 0 Å². The Morgan fingerprint density at radius 2 is 2.39 bits per heavy atom. The van der Waals surface area contributed by atoms with E-state index in [0.29, 0.717) is 6.04 Å². The maximum Gasteiger partial charge on any atom is 0.105 e. The molecule has 0 aliphatic carbocycles. The Morgan fingerprint density at radius 3 is 3.11 bits per heavy atom. The van der Waals surface area contributed by atoms with Gasteiger partial charge in [0, 0.05) is 31.4 Å². The average Bonchev–Trinajstić information content (AvgIpc) is 3.01. The molecule has 0 saturated carbocycles. The largest absolute Gasteiger partial charge is 0.469 e. The molecule has 0 amide bonds. The van der Waals surface area contributed by atoms with Gasteiger partial charge in [-0.3, -0.25) is 0 Å². The van der Waals surface area contributed by atoms with Gasteiger partial charge in [-0.1, -0.05) is 0 Å². The van der Waals surface area contributed by atoms with Gasteiger partial charge in [0.25, 0.3) is 0 Å². The normalized spacial score (nSPS) is 12.7. The van der Waals surface area contributed by atoms with Crippen LogP contribution in [0.5, 0.6) is 0 Å². The summed E-state index contributed by atoms with van der Waals surface area (Å²) in [5.41, 5.74) is 0. The lowest BCUT2D eigenvalue weighted by Gasteiger charge is -2.12. The highest BCUT2D eigenvalue weighted by atomic mass is 16.3. The van der Waals surface area contributed by atoms with Crippen LogP contribution in [-0.2, 0) is 13.0 Å². The molecule has 2 heterocycles. The van der Waals surface area contributed by atoms with Crippen molar-refractivity contribution in [3.05, 3.63) is 42.9 Å². The summed E-state index contributed by atoms with van der Waals surface area (Å²) in [6.45, 7) is 4.29. The summed E-state index contributed by atoms with van der Waals surface area (Å²) in [7, 11) is 0. The number of unbranched alkanes of at least 4 members (excludes halogenated alkanes) is 1. The van der Waals surface area contributed by atoms with Gasteiger partial charge >= 0.3 is 0 Å². The summed E-state index contributed by atoms with van der Waals surface area (Å²) < 4.78 is 7.45. The van der Waals surface area contributed by atoms with Crippen molar-refractivity contribution in [3.63, 3.8) is 0 Å². The number of aryl methyl sites for hydroxylation is 1. The molecule has 18 heavy (non-hydrogen) atoms. The highest BCUT2D eigenvalue weighted by Gasteiger charge is 2.04. The van der Waals surface area contributed by atoms with Gasteiger partial charge in [0.15, 0.2) is 0 Å². The Bertz CT molecular complexity index is 408. The van der Waals surface area contributed by atoms with E-state index in [2.05, 4.69) is 21.8 Å². The lowest BCUT2D eigenvalue weighted by atomic mass is 10.2. The molecular formula is C14H21N3O. The molecule has 2 aromatic rings. The molecule has 4 nitrogen and oxygen atoms in total. The van der Waals surface area contributed by atoms with Gasteiger partial charge in [-0.25, -0.2) is 4.98 Å². The third-order valence-electron chi connectivity index (χ3n) is 2.98. The van der Waals surface area contributed by atoms with Crippen LogP contribution in [0.2, 0.25) is 0 Å². The summed E-state index contributed by atoms with van der Waals surface area (Å²) in [6, 6.07) is 4.43. The molecule has 0 aliphatic heterocycles. The van der Waals surface area contributed by atoms with Crippen molar-refractivity contribution in [2.75, 3.05) is 6.54 Å². The number of furan rings is 1. The third-order valence-corrected chi connectivity index (χ3v) is 2.98. The minimum Gasteiger partial charge on any atom is -0.469 e. The zero-order valence-electron chi connectivity index (χ0n) is 10.9. The van der Waals surface area contributed by atoms with Crippen LogP contribution < -0.4 is 5.32 Å². The molecule has 1 N–H and O–H groups in total. The molecule has 0 aliphatic rings. The lowest BCUT2D eigenvalue weighted by Crippen LogP contribution is -2.28.